The number of furan rings is 1. The molecule has 9 heteroatoms. The van der Waals surface area contributed by atoms with Gasteiger partial charge in [0, 0.05) is 34.4 Å². The van der Waals surface area contributed by atoms with E-state index >= 15 is 0 Å². The largest absolute Gasteiger partial charge is 0.451 e. The summed E-state index contributed by atoms with van der Waals surface area (Å²) in [4.78, 5) is 28.7. The molecule has 0 saturated carbocycles. The van der Waals surface area contributed by atoms with Gasteiger partial charge in [-0.25, -0.2) is 0 Å². The Balaban J connectivity index is 1.25. The maximum Gasteiger partial charge on any atom is 0.305 e. The van der Waals surface area contributed by atoms with Gasteiger partial charge in [-0.15, -0.1) is 0 Å². The molecule has 0 bridgehead atoms. The van der Waals surface area contributed by atoms with Crippen LogP contribution in [0.3, 0.4) is 0 Å². The second kappa shape index (κ2) is 9.01. The van der Waals surface area contributed by atoms with Gasteiger partial charge in [0.15, 0.2) is 5.76 Å². The quantitative estimate of drug-likeness (QED) is 0.436. The minimum Gasteiger partial charge on any atom is -0.451 e. The summed E-state index contributed by atoms with van der Waals surface area (Å²) in [5.41, 5.74) is 6.91. The third kappa shape index (κ3) is 4.75. The summed E-state index contributed by atoms with van der Waals surface area (Å²) >= 11 is 5.88. The number of halogens is 1. The Kier molecular flexibility index (Phi) is 5.99. The predicted molar refractivity (Wildman–Crippen MR) is 114 cm³/mol. The fourth-order valence-electron chi connectivity index (χ4n) is 3.11. The zero-order chi connectivity index (χ0) is 21.8. The van der Waals surface area contributed by atoms with Crippen molar-refractivity contribution >= 4 is 34.4 Å². The van der Waals surface area contributed by atoms with Crippen LogP contribution in [0.15, 0.2) is 57.5 Å². The minimum atomic E-state index is -0.508. The van der Waals surface area contributed by atoms with Crippen LogP contribution in [0.5, 0.6) is 0 Å². The summed E-state index contributed by atoms with van der Waals surface area (Å²) in [6.07, 6.45) is 1.09. The first kappa shape index (κ1) is 20.6. The molecule has 158 valence electrons. The van der Waals surface area contributed by atoms with Gasteiger partial charge in [-0.05, 0) is 43.7 Å². The van der Waals surface area contributed by atoms with E-state index in [9.17, 15) is 9.59 Å². The van der Waals surface area contributed by atoms with E-state index in [2.05, 4.69) is 21.0 Å². The zero-order valence-electron chi connectivity index (χ0n) is 16.6. The van der Waals surface area contributed by atoms with Crippen molar-refractivity contribution in [2.75, 3.05) is 0 Å². The fraction of sp³-hybridized carbons (Fsp3) is 0.182. The second-order valence-electron chi connectivity index (χ2n) is 6.93. The van der Waals surface area contributed by atoms with Crippen LogP contribution in [0, 0.1) is 6.92 Å². The first-order chi connectivity index (χ1) is 15.0. The number of aromatic nitrogens is 2. The lowest BCUT2D eigenvalue weighted by molar-refractivity contribution is -0.121. The SMILES string of the molecule is Cc1c(C(=O)NNC(=O)CCCc2nc(-c3ccc(Cl)cc3)no2)oc2ccccc12. The Bertz CT molecular complexity index is 1230. The summed E-state index contributed by atoms with van der Waals surface area (Å²) < 4.78 is 10.8. The zero-order valence-corrected chi connectivity index (χ0v) is 17.4. The summed E-state index contributed by atoms with van der Waals surface area (Å²) in [6.45, 7) is 1.80. The third-order valence-corrected chi connectivity index (χ3v) is 4.98. The van der Waals surface area contributed by atoms with E-state index in [0.29, 0.717) is 35.2 Å². The van der Waals surface area contributed by atoms with Crippen molar-refractivity contribution in [2.45, 2.75) is 26.2 Å². The molecule has 0 aliphatic carbocycles. The van der Waals surface area contributed by atoms with Crippen molar-refractivity contribution in [1.82, 2.24) is 21.0 Å². The van der Waals surface area contributed by atoms with Crippen LogP contribution in [0.2, 0.25) is 5.02 Å². The van der Waals surface area contributed by atoms with Crippen LogP contribution in [-0.4, -0.2) is 22.0 Å². The summed E-state index contributed by atoms with van der Waals surface area (Å²) in [6, 6.07) is 14.5. The lowest BCUT2D eigenvalue weighted by Gasteiger charge is -2.05. The van der Waals surface area contributed by atoms with Crippen molar-refractivity contribution in [3.8, 4) is 11.4 Å². The average molecular weight is 439 g/mol. The van der Waals surface area contributed by atoms with Crippen LogP contribution < -0.4 is 10.9 Å². The van der Waals surface area contributed by atoms with Crippen molar-refractivity contribution < 1.29 is 18.5 Å². The van der Waals surface area contributed by atoms with E-state index in [4.69, 9.17) is 20.5 Å². The lowest BCUT2D eigenvalue weighted by Crippen LogP contribution is -2.41. The number of hydrogen-bond acceptors (Lipinski definition) is 6. The highest BCUT2D eigenvalue weighted by molar-refractivity contribution is 6.30. The Hall–Kier alpha value is -3.65. The Morgan fingerprint density at radius 1 is 1.06 bits per heavy atom. The maximum absolute atomic E-state index is 12.3. The molecule has 2 aromatic heterocycles. The molecular formula is C22H19ClN4O4. The monoisotopic (exact) mass is 438 g/mol. The van der Waals surface area contributed by atoms with Crippen LogP contribution >= 0.6 is 11.6 Å². The number of nitrogens with zero attached hydrogens (tertiary/aromatic N) is 2. The molecule has 2 aromatic carbocycles. The molecule has 0 aliphatic rings. The van der Waals surface area contributed by atoms with Crippen LogP contribution in [0.4, 0.5) is 0 Å². The molecule has 2 heterocycles. The average Bonchev–Trinajstić information content (AvgIpc) is 3.38. The topological polar surface area (TPSA) is 110 Å². The van der Waals surface area contributed by atoms with E-state index in [1.807, 2.05) is 18.2 Å². The summed E-state index contributed by atoms with van der Waals surface area (Å²) in [5, 5.41) is 5.42. The van der Waals surface area contributed by atoms with Gasteiger partial charge < -0.3 is 8.94 Å². The van der Waals surface area contributed by atoms with Crippen LogP contribution in [0.25, 0.3) is 22.4 Å². The highest BCUT2D eigenvalue weighted by atomic mass is 35.5. The van der Waals surface area contributed by atoms with Crippen LogP contribution in [-0.2, 0) is 11.2 Å². The number of rotatable bonds is 6. The summed E-state index contributed by atoms with van der Waals surface area (Å²) in [5.74, 6) is 0.220. The second-order valence-corrected chi connectivity index (χ2v) is 7.36. The number of benzene rings is 2. The molecule has 0 saturated heterocycles. The maximum atomic E-state index is 12.3. The number of aryl methyl sites for hydroxylation is 2. The van der Waals surface area contributed by atoms with E-state index in [1.54, 1.807) is 37.3 Å². The number of para-hydroxylation sites is 1. The Labute approximate surface area is 182 Å². The van der Waals surface area contributed by atoms with Crippen molar-refractivity contribution in [2.24, 2.45) is 0 Å². The number of carbonyl (C=O) groups is 2. The highest BCUT2D eigenvalue weighted by Crippen LogP contribution is 2.24. The summed E-state index contributed by atoms with van der Waals surface area (Å²) in [7, 11) is 0. The van der Waals surface area contributed by atoms with E-state index in [0.717, 1.165) is 16.5 Å². The molecule has 0 fully saturated rings. The molecule has 4 rings (SSSR count). The standard InChI is InChI=1S/C22H19ClN4O4/c1-13-16-5-2-3-6-17(16)30-20(13)22(29)26-25-18(28)7-4-8-19-24-21(27-31-19)14-9-11-15(23)12-10-14/h2-3,5-6,9-12H,4,7-8H2,1H3,(H,25,28)(H,26,29). The highest BCUT2D eigenvalue weighted by Gasteiger charge is 2.18. The Morgan fingerprint density at radius 3 is 2.61 bits per heavy atom. The first-order valence-corrected chi connectivity index (χ1v) is 10.0. The van der Waals surface area contributed by atoms with Gasteiger partial charge in [0.05, 0.1) is 0 Å². The molecule has 0 spiro atoms. The molecule has 2 N–H and O–H groups in total. The molecule has 0 unspecified atom stereocenters. The van der Waals surface area contributed by atoms with Gasteiger partial charge in [-0.2, -0.15) is 4.98 Å². The fourth-order valence-corrected chi connectivity index (χ4v) is 3.24. The number of amides is 2. The van der Waals surface area contributed by atoms with Gasteiger partial charge in [0.25, 0.3) is 0 Å². The van der Waals surface area contributed by atoms with Crippen LogP contribution in [0.1, 0.15) is 34.9 Å². The predicted octanol–water partition coefficient (Wildman–Crippen LogP) is 4.23. The van der Waals surface area contributed by atoms with Crippen molar-refractivity contribution in [1.29, 1.82) is 0 Å². The number of carbonyl (C=O) groups excluding carboxylic acids is 2. The number of nitrogens with one attached hydrogen (secondary N) is 2. The van der Waals surface area contributed by atoms with E-state index in [-0.39, 0.29) is 18.1 Å². The molecule has 2 amide bonds. The van der Waals surface area contributed by atoms with Gasteiger partial charge in [-0.3, -0.25) is 20.4 Å². The van der Waals surface area contributed by atoms with Gasteiger partial charge in [-0.1, -0.05) is 35.0 Å². The normalized spacial score (nSPS) is 10.9. The minimum absolute atomic E-state index is 0.169. The molecule has 0 radical (unpaired) electrons. The molecule has 4 aromatic rings. The van der Waals surface area contributed by atoms with Gasteiger partial charge >= 0.3 is 5.91 Å². The van der Waals surface area contributed by atoms with E-state index < -0.39 is 5.91 Å². The Morgan fingerprint density at radius 2 is 1.84 bits per heavy atom. The lowest BCUT2D eigenvalue weighted by atomic mass is 10.1. The molecule has 31 heavy (non-hydrogen) atoms. The molecular weight excluding hydrogens is 420 g/mol. The van der Waals surface area contributed by atoms with E-state index in [1.165, 1.54) is 0 Å². The van der Waals surface area contributed by atoms with Gasteiger partial charge in [0.2, 0.25) is 17.6 Å². The third-order valence-electron chi connectivity index (χ3n) is 4.73. The number of hydrazine groups is 1. The number of hydrogen-bond donors (Lipinski definition) is 2. The smallest absolute Gasteiger partial charge is 0.305 e. The molecule has 0 atom stereocenters. The molecule has 8 nitrogen and oxygen atoms in total. The van der Waals surface area contributed by atoms with Crippen molar-refractivity contribution in [3.63, 3.8) is 0 Å². The molecule has 0 aliphatic heterocycles. The number of fused-ring (bicyclic) bond motifs is 1. The first-order valence-electron chi connectivity index (χ1n) is 9.67. The van der Waals surface area contributed by atoms with Gasteiger partial charge in [0.1, 0.15) is 5.58 Å². The van der Waals surface area contributed by atoms with Crippen molar-refractivity contribution in [3.05, 3.63) is 70.8 Å².